The van der Waals surface area contributed by atoms with Crippen LogP contribution in [0.1, 0.15) is 18.5 Å². The van der Waals surface area contributed by atoms with Crippen molar-refractivity contribution in [3.05, 3.63) is 58.6 Å². The van der Waals surface area contributed by atoms with E-state index in [-0.39, 0.29) is 11.4 Å². The first-order valence-electron chi connectivity index (χ1n) is 5.67. The third-order valence-electron chi connectivity index (χ3n) is 2.75. The lowest BCUT2D eigenvalue weighted by atomic mass is 10.1. The number of aromatic hydroxyl groups is 1. The minimum atomic E-state index is -0.553. The van der Waals surface area contributed by atoms with Crippen LogP contribution in [0.5, 0.6) is 5.75 Å². The number of rotatable bonds is 3. The van der Waals surface area contributed by atoms with E-state index in [0.29, 0.717) is 10.6 Å². The molecule has 0 aliphatic heterocycles. The average molecular weight is 284 g/mol. The van der Waals surface area contributed by atoms with Gasteiger partial charge >= 0.3 is 0 Å². The molecule has 0 saturated heterocycles. The van der Waals surface area contributed by atoms with Gasteiger partial charge in [0.15, 0.2) is 0 Å². The highest BCUT2D eigenvalue weighted by molar-refractivity contribution is 6.30. The fourth-order valence-corrected chi connectivity index (χ4v) is 1.96. The van der Waals surface area contributed by atoms with Gasteiger partial charge in [-0.3, -0.25) is 0 Å². The molecule has 0 saturated carbocycles. The largest absolute Gasteiger partial charge is 0.508 e. The second-order valence-electron chi connectivity index (χ2n) is 4.20. The first-order valence-corrected chi connectivity index (χ1v) is 6.05. The van der Waals surface area contributed by atoms with Crippen LogP contribution >= 0.6 is 11.6 Å². The Morgan fingerprint density at radius 3 is 2.53 bits per heavy atom. The number of hydrogen-bond donors (Lipinski definition) is 2. The Labute approximate surface area is 114 Å². The molecular formula is C14H12ClF2NO. The monoisotopic (exact) mass is 283 g/mol. The molecule has 1 unspecified atom stereocenters. The Bertz CT molecular complexity index is 604. The summed E-state index contributed by atoms with van der Waals surface area (Å²) in [6.45, 7) is 1.69. The molecule has 0 spiro atoms. The van der Waals surface area contributed by atoms with Crippen LogP contribution in [-0.2, 0) is 0 Å². The van der Waals surface area contributed by atoms with Crippen LogP contribution in [0.25, 0.3) is 0 Å². The van der Waals surface area contributed by atoms with E-state index in [1.807, 2.05) is 0 Å². The molecule has 2 aromatic carbocycles. The van der Waals surface area contributed by atoms with Gasteiger partial charge in [0.25, 0.3) is 0 Å². The van der Waals surface area contributed by atoms with Crippen molar-refractivity contribution in [1.82, 2.24) is 0 Å². The van der Waals surface area contributed by atoms with Gasteiger partial charge in [-0.25, -0.2) is 8.78 Å². The van der Waals surface area contributed by atoms with E-state index in [2.05, 4.69) is 5.32 Å². The number of hydrogen-bond acceptors (Lipinski definition) is 2. The van der Waals surface area contributed by atoms with Gasteiger partial charge < -0.3 is 10.4 Å². The smallest absolute Gasteiger partial charge is 0.146 e. The molecule has 0 amide bonds. The zero-order chi connectivity index (χ0) is 14.0. The lowest BCUT2D eigenvalue weighted by molar-refractivity contribution is 0.467. The molecule has 0 radical (unpaired) electrons. The first kappa shape index (κ1) is 13.6. The molecule has 0 aromatic heterocycles. The third kappa shape index (κ3) is 3.15. The van der Waals surface area contributed by atoms with Crippen LogP contribution in [0.3, 0.4) is 0 Å². The molecule has 2 aromatic rings. The molecule has 100 valence electrons. The maximum Gasteiger partial charge on any atom is 0.146 e. The van der Waals surface area contributed by atoms with Crippen LogP contribution < -0.4 is 5.32 Å². The van der Waals surface area contributed by atoms with E-state index in [1.54, 1.807) is 6.92 Å². The van der Waals surface area contributed by atoms with Crippen LogP contribution in [0.4, 0.5) is 14.5 Å². The van der Waals surface area contributed by atoms with Crippen molar-refractivity contribution in [2.24, 2.45) is 0 Å². The second-order valence-corrected chi connectivity index (χ2v) is 4.63. The standard InChI is InChI=1S/C14H12ClF2NO/c1-8(11-4-3-10(19)7-13(11)17)18-14-6-9(15)2-5-12(14)16/h2-8,18-19H,1H3. The van der Waals surface area contributed by atoms with Crippen molar-refractivity contribution in [2.75, 3.05) is 5.32 Å². The molecule has 2 N–H and O–H groups in total. The molecule has 0 fully saturated rings. The Balaban J connectivity index is 2.25. The van der Waals surface area contributed by atoms with Crippen LogP contribution in [0.15, 0.2) is 36.4 Å². The van der Waals surface area contributed by atoms with Crippen LogP contribution in [0, 0.1) is 11.6 Å². The maximum absolute atomic E-state index is 13.7. The minimum absolute atomic E-state index is 0.151. The SMILES string of the molecule is CC(Nc1cc(Cl)ccc1F)c1ccc(O)cc1F. The summed E-state index contributed by atoms with van der Waals surface area (Å²) in [4.78, 5) is 0. The Kier molecular flexibility index (Phi) is 3.90. The maximum atomic E-state index is 13.7. The highest BCUT2D eigenvalue weighted by Crippen LogP contribution is 2.27. The number of halogens is 3. The summed E-state index contributed by atoms with van der Waals surface area (Å²) in [5.74, 6) is -1.17. The molecule has 2 nitrogen and oxygen atoms in total. The minimum Gasteiger partial charge on any atom is -0.508 e. The Morgan fingerprint density at radius 2 is 1.84 bits per heavy atom. The van der Waals surface area contributed by atoms with Gasteiger partial charge in [0.05, 0.1) is 11.7 Å². The van der Waals surface area contributed by atoms with Crippen molar-refractivity contribution in [2.45, 2.75) is 13.0 Å². The predicted octanol–water partition coefficient (Wildman–Crippen LogP) is 4.50. The number of anilines is 1. The predicted molar refractivity (Wildman–Crippen MR) is 71.5 cm³/mol. The van der Waals surface area contributed by atoms with Gasteiger partial charge in [0.1, 0.15) is 17.4 Å². The first-order chi connectivity index (χ1) is 8.97. The van der Waals surface area contributed by atoms with Gasteiger partial charge in [-0.1, -0.05) is 17.7 Å². The van der Waals surface area contributed by atoms with Gasteiger partial charge in [-0.15, -0.1) is 0 Å². The van der Waals surface area contributed by atoms with Gasteiger partial charge in [0.2, 0.25) is 0 Å². The van der Waals surface area contributed by atoms with Gasteiger partial charge in [0, 0.05) is 16.7 Å². The molecule has 5 heteroatoms. The molecule has 0 aliphatic carbocycles. The van der Waals surface area contributed by atoms with E-state index < -0.39 is 17.7 Å². The molecule has 1 atom stereocenters. The van der Waals surface area contributed by atoms with E-state index in [4.69, 9.17) is 16.7 Å². The molecule has 19 heavy (non-hydrogen) atoms. The van der Waals surface area contributed by atoms with Crippen LogP contribution in [0.2, 0.25) is 5.02 Å². The van der Waals surface area contributed by atoms with Gasteiger partial charge in [-0.2, -0.15) is 0 Å². The highest BCUT2D eigenvalue weighted by Gasteiger charge is 2.13. The number of phenolic OH excluding ortho intramolecular Hbond substituents is 1. The molecule has 0 bridgehead atoms. The molecule has 2 rings (SSSR count). The summed E-state index contributed by atoms with van der Waals surface area (Å²) in [6.07, 6.45) is 0. The fraction of sp³-hybridized carbons (Fsp3) is 0.143. The Hall–Kier alpha value is -1.81. The van der Waals surface area contributed by atoms with Crippen LogP contribution in [-0.4, -0.2) is 5.11 Å². The zero-order valence-electron chi connectivity index (χ0n) is 10.1. The van der Waals surface area contributed by atoms with E-state index >= 15 is 0 Å². The topological polar surface area (TPSA) is 32.3 Å². The molecule has 0 heterocycles. The fourth-order valence-electron chi connectivity index (χ4n) is 1.79. The van der Waals surface area contributed by atoms with Crippen molar-refractivity contribution in [1.29, 1.82) is 0 Å². The van der Waals surface area contributed by atoms with E-state index in [1.165, 1.54) is 30.3 Å². The van der Waals surface area contributed by atoms with Gasteiger partial charge in [-0.05, 0) is 31.2 Å². The normalized spacial score (nSPS) is 12.2. The number of benzene rings is 2. The molecule has 0 aliphatic rings. The summed E-state index contributed by atoms with van der Waals surface area (Å²) in [6, 6.07) is 7.50. The quantitative estimate of drug-likeness (QED) is 0.869. The summed E-state index contributed by atoms with van der Waals surface area (Å²) < 4.78 is 27.2. The van der Waals surface area contributed by atoms with Crippen molar-refractivity contribution >= 4 is 17.3 Å². The molecular weight excluding hydrogens is 272 g/mol. The van der Waals surface area contributed by atoms with Crippen molar-refractivity contribution in [3.8, 4) is 5.75 Å². The Morgan fingerprint density at radius 1 is 1.11 bits per heavy atom. The lowest BCUT2D eigenvalue weighted by Crippen LogP contribution is -2.09. The summed E-state index contributed by atoms with van der Waals surface area (Å²) in [5, 5.41) is 12.4. The highest BCUT2D eigenvalue weighted by atomic mass is 35.5. The third-order valence-corrected chi connectivity index (χ3v) is 2.99. The lowest BCUT2D eigenvalue weighted by Gasteiger charge is -2.17. The number of phenols is 1. The van der Waals surface area contributed by atoms with Crippen molar-refractivity contribution < 1.29 is 13.9 Å². The number of nitrogens with one attached hydrogen (secondary N) is 1. The zero-order valence-corrected chi connectivity index (χ0v) is 10.9. The summed E-state index contributed by atoms with van der Waals surface area (Å²) in [5.41, 5.74) is 0.532. The average Bonchev–Trinajstić information content (AvgIpc) is 2.33. The second kappa shape index (κ2) is 5.45. The summed E-state index contributed by atoms with van der Waals surface area (Å²) >= 11 is 5.78. The summed E-state index contributed by atoms with van der Waals surface area (Å²) in [7, 11) is 0. The van der Waals surface area contributed by atoms with E-state index in [9.17, 15) is 8.78 Å². The van der Waals surface area contributed by atoms with Crippen molar-refractivity contribution in [3.63, 3.8) is 0 Å². The van der Waals surface area contributed by atoms with E-state index in [0.717, 1.165) is 6.07 Å².